The van der Waals surface area contributed by atoms with Crippen molar-refractivity contribution in [3.63, 3.8) is 0 Å². The molecule has 3 aromatic carbocycles. The summed E-state index contributed by atoms with van der Waals surface area (Å²) in [6.07, 6.45) is 0.865. The van der Waals surface area contributed by atoms with Crippen LogP contribution in [0, 0.1) is 11.8 Å². The van der Waals surface area contributed by atoms with Gasteiger partial charge in [-0.2, -0.15) is 18.3 Å². The highest BCUT2D eigenvalue weighted by Crippen LogP contribution is 2.42. The van der Waals surface area contributed by atoms with Crippen molar-refractivity contribution in [3.8, 4) is 11.1 Å². The van der Waals surface area contributed by atoms with Gasteiger partial charge in [-0.05, 0) is 60.7 Å². The number of aliphatic imine (C=N–C) groups is 1. The first-order valence-electron chi connectivity index (χ1n) is 15.5. The molecule has 1 N–H and O–H groups in total. The number of halogens is 3. The first-order chi connectivity index (χ1) is 22.2. The lowest BCUT2D eigenvalue weighted by Gasteiger charge is -2.22. The number of carbonyl (C=O) groups excluding carboxylic acids is 1. The Bertz CT molecular complexity index is 1870. The predicted octanol–water partition coefficient (Wildman–Crippen LogP) is 8.58. The summed E-state index contributed by atoms with van der Waals surface area (Å²) in [5.41, 5.74) is 2.01. The molecule has 0 bridgehead atoms. The SMILES string of the molecule is C[C@@H]1C[C@H]1C(=O)Nc1cc2cc(-c3cn(C4CCCCO4)nc3C(F)(F)F)cc(N=C(c3ccccc3)c3ccccc3)c2cn1. The van der Waals surface area contributed by atoms with Gasteiger partial charge in [0.05, 0.1) is 11.4 Å². The van der Waals surface area contributed by atoms with Crippen LogP contribution in [-0.4, -0.2) is 33.0 Å². The van der Waals surface area contributed by atoms with Crippen molar-refractivity contribution in [2.75, 3.05) is 11.9 Å². The van der Waals surface area contributed by atoms with E-state index in [9.17, 15) is 18.0 Å². The second-order valence-electron chi connectivity index (χ2n) is 12.0. The quantitative estimate of drug-likeness (QED) is 0.184. The lowest BCUT2D eigenvalue weighted by atomic mass is 9.99. The molecule has 1 unspecified atom stereocenters. The molecule has 10 heteroatoms. The van der Waals surface area contributed by atoms with E-state index >= 15 is 0 Å². The smallest absolute Gasteiger partial charge is 0.357 e. The summed E-state index contributed by atoms with van der Waals surface area (Å²) in [4.78, 5) is 22.3. The molecule has 1 aliphatic carbocycles. The highest BCUT2D eigenvalue weighted by Gasteiger charge is 2.40. The van der Waals surface area contributed by atoms with E-state index in [0.29, 0.717) is 52.5 Å². The third-order valence-electron chi connectivity index (χ3n) is 8.60. The van der Waals surface area contributed by atoms with Crippen LogP contribution in [0.5, 0.6) is 0 Å². The summed E-state index contributed by atoms with van der Waals surface area (Å²) >= 11 is 0. The second-order valence-corrected chi connectivity index (χ2v) is 12.0. The number of pyridine rings is 1. The third kappa shape index (κ3) is 6.17. The van der Waals surface area contributed by atoms with E-state index in [1.807, 2.05) is 67.6 Å². The monoisotopic (exact) mass is 623 g/mol. The van der Waals surface area contributed by atoms with Gasteiger partial charge in [-0.15, -0.1) is 0 Å². The number of nitrogens with zero attached hydrogens (tertiary/aromatic N) is 4. The summed E-state index contributed by atoms with van der Waals surface area (Å²) < 4.78 is 50.6. The summed E-state index contributed by atoms with van der Waals surface area (Å²) in [5, 5.41) is 8.09. The van der Waals surface area contributed by atoms with Crippen molar-refractivity contribution in [2.24, 2.45) is 16.8 Å². The molecular formula is C36H32F3N5O2. The van der Waals surface area contributed by atoms with E-state index in [1.165, 1.54) is 10.9 Å². The zero-order valence-corrected chi connectivity index (χ0v) is 25.2. The number of amides is 1. The normalized spacial score (nSPS) is 19.5. The molecule has 7 rings (SSSR count). The first-order valence-corrected chi connectivity index (χ1v) is 15.5. The molecule has 3 heterocycles. The molecule has 1 saturated carbocycles. The van der Waals surface area contributed by atoms with Crippen LogP contribution in [0.25, 0.3) is 21.9 Å². The molecule has 0 spiro atoms. The lowest BCUT2D eigenvalue weighted by Crippen LogP contribution is -2.19. The Morgan fingerprint density at radius 1 is 1.00 bits per heavy atom. The predicted molar refractivity (Wildman–Crippen MR) is 171 cm³/mol. The molecule has 3 atom stereocenters. The number of anilines is 1. The second kappa shape index (κ2) is 12.2. The number of benzene rings is 3. The molecule has 234 valence electrons. The largest absolute Gasteiger partial charge is 0.435 e. The fourth-order valence-electron chi connectivity index (χ4n) is 5.96. The molecule has 1 saturated heterocycles. The van der Waals surface area contributed by atoms with Crippen molar-refractivity contribution < 1.29 is 22.7 Å². The number of fused-ring (bicyclic) bond motifs is 1. The van der Waals surface area contributed by atoms with Crippen LogP contribution in [0.1, 0.15) is 55.7 Å². The van der Waals surface area contributed by atoms with Gasteiger partial charge in [0.15, 0.2) is 5.69 Å². The van der Waals surface area contributed by atoms with E-state index in [0.717, 1.165) is 30.4 Å². The van der Waals surface area contributed by atoms with Gasteiger partial charge in [0.25, 0.3) is 0 Å². The maximum Gasteiger partial charge on any atom is 0.435 e. The van der Waals surface area contributed by atoms with Crippen molar-refractivity contribution in [1.29, 1.82) is 0 Å². The van der Waals surface area contributed by atoms with E-state index in [-0.39, 0.29) is 17.4 Å². The summed E-state index contributed by atoms with van der Waals surface area (Å²) in [7, 11) is 0. The Hall–Kier alpha value is -4.83. The van der Waals surface area contributed by atoms with Gasteiger partial charge in [0.1, 0.15) is 12.0 Å². The molecule has 1 amide bonds. The van der Waals surface area contributed by atoms with E-state index in [2.05, 4.69) is 15.4 Å². The minimum absolute atomic E-state index is 0.0644. The number of carbonyl (C=O) groups is 1. The van der Waals surface area contributed by atoms with Crippen LogP contribution in [0.4, 0.5) is 24.7 Å². The van der Waals surface area contributed by atoms with Crippen LogP contribution < -0.4 is 5.32 Å². The number of aromatic nitrogens is 3. The Labute approximate surface area is 264 Å². The first kappa shape index (κ1) is 29.9. The van der Waals surface area contributed by atoms with Gasteiger partial charge in [-0.1, -0.05) is 67.6 Å². The van der Waals surface area contributed by atoms with E-state index in [1.54, 1.807) is 24.4 Å². The standard InChI is InChI=1S/C36H32F3N5O2/c1-22-16-27(22)35(45)42-31-19-26-17-25(29-21-44(32-14-8-9-15-46-32)43-34(29)36(37,38)39)18-30(28(26)20-40-31)41-33(23-10-4-2-5-11-23)24-12-6-3-7-13-24/h2-7,10-13,17-22,27,32H,8-9,14-16H2,1H3,(H,40,42,45)/t22-,27-,32?/m1/s1. The number of nitrogens with one attached hydrogen (secondary N) is 1. The number of alkyl halides is 3. The Balaban J connectivity index is 1.42. The van der Waals surface area contributed by atoms with Crippen LogP contribution in [-0.2, 0) is 15.7 Å². The van der Waals surface area contributed by atoms with Crippen LogP contribution >= 0.6 is 0 Å². The van der Waals surface area contributed by atoms with Gasteiger partial charge in [-0.3, -0.25) is 4.79 Å². The number of rotatable bonds is 7. The summed E-state index contributed by atoms with van der Waals surface area (Å²) in [5.74, 6) is 0.466. The topological polar surface area (TPSA) is 81.4 Å². The molecule has 7 nitrogen and oxygen atoms in total. The van der Waals surface area contributed by atoms with Crippen LogP contribution in [0.2, 0.25) is 0 Å². The highest BCUT2D eigenvalue weighted by molar-refractivity contribution is 6.15. The molecule has 2 aromatic heterocycles. The molecule has 5 aromatic rings. The summed E-state index contributed by atoms with van der Waals surface area (Å²) in [6.45, 7) is 2.49. The fraction of sp³-hybridized carbons (Fsp3) is 0.278. The van der Waals surface area contributed by atoms with Gasteiger partial charge in [0.2, 0.25) is 5.91 Å². The average Bonchev–Trinajstić information content (AvgIpc) is 3.62. The zero-order chi connectivity index (χ0) is 31.8. The fourth-order valence-corrected chi connectivity index (χ4v) is 5.96. The van der Waals surface area contributed by atoms with Gasteiger partial charge < -0.3 is 10.1 Å². The highest BCUT2D eigenvalue weighted by atomic mass is 19.4. The van der Waals surface area contributed by atoms with E-state index < -0.39 is 18.1 Å². The Kier molecular flexibility index (Phi) is 7.90. The molecular weight excluding hydrogens is 591 g/mol. The van der Waals surface area contributed by atoms with Crippen LogP contribution in [0.15, 0.2) is 96.2 Å². The van der Waals surface area contributed by atoms with E-state index in [4.69, 9.17) is 9.73 Å². The van der Waals surface area contributed by atoms with Gasteiger partial charge in [0, 0.05) is 47.0 Å². The Morgan fingerprint density at radius 3 is 2.30 bits per heavy atom. The number of hydrogen-bond donors (Lipinski definition) is 1. The van der Waals surface area contributed by atoms with Crippen molar-refractivity contribution in [1.82, 2.24) is 14.8 Å². The maximum absolute atomic E-state index is 14.5. The average molecular weight is 624 g/mol. The van der Waals surface area contributed by atoms with Crippen molar-refractivity contribution in [3.05, 3.63) is 108 Å². The van der Waals surface area contributed by atoms with Gasteiger partial charge in [-0.25, -0.2) is 14.7 Å². The molecule has 1 aliphatic heterocycles. The summed E-state index contributed by atoms with van der Waals surface area (Å²) in [6, 6.07) is 24.3. The third-order valence-corrected chi connectivity index (χ3v) is 8.60. The molecule has 2 fully saturated rings. The zero-order valence-electron chi connectivity index (χ0n) is 25.2. The van der Waals surface area contributed by atoms with Crippen molar-refractivity contribution in [2.45, 2.75) is 45.0 Å². The molecule has 46 heavy (non-hydrogen) atoms. The molecule has 0 radical (unpaired) electrons. The van der Waals surface area contributed by atoms with Gasteiger partial charge >= 0.3 is 6.18 Å². The number of ether oxygens (including phenoxy) is 1. The maximum atomic E-state index is 14.5. The minimum atomic E-state index is -4.70. The van der Waals surface area contributed by atoms with Crippen LogP contribution in [0.3, 0.4) is 0 Å². The lowest BCUT2D eigenvalue weighted by molar-refractivity contribution is -0.141. The molecule has 2 aliphatic rings. The van der Waals surface area contributed by atoms with Crippen molar-refractivity contribution >= 4 is 33.9 Å². The minimum Gasteiger partial charge on any atom is -0.357 e. The number of hydrogen-bond acceptors (Lipinski definition) is 5. The Morgan fingerprint density at radius 2 is 1.70 bits per heavy atom.